The highest BCUT2D eigenvalue weighted by Gasteiger charge is 2.39. The van der Waals surface area contributed by atoms with Gasteiger partial charge in [-0.1, -0.05) is 17.7 Å². The van der Waals surface area contributed by atoms with Crippen LogP contribution in [0.2, 0.25) is 0 Å². The van der Waals surface area contributed by atoms with Gasteiger partial charge in [0.15, 0.2) is 0 Å². The lowest BCUT2D eigenvalue weighted by atomic mass is 10.1. The van der Waals surface area contributed by atoms with E-state index in [2.05, 4.69) is 23.6 Å². The summed E-state index contributed by atoms with van der Waals surface area (Å²) in [5, 5.41) is 6.46. The smallest absolute Gasteiger partial charge is 0.316 e. The summed E-state index contributed by atoms with van der Waals surface area (Å²) in [5.74, 6) is 0. The summed E-state index contributed by atoms with van der Waals surface area (Å²) in [7, 11) is 0. The first-order valence-electron chi connectivity index (χ1n) is 7.02. The van der Waals surface area contributed by atoms with Crippen molar-refractivity contribution in [3.8, 4) is 0 Å². The van der Waals surface area contributed by atoms with Gasteiger partial charge in [0.25, 0.3) is 0 Å². The number of benzene rings is 1. The van der Waals surface area contributed by atoms with Crippen molar-refractivity contribution < 1.29 is 4.79 Å². The van der Waals surface area contributed by atoms with Gasteiger partial charge in [-0.3, -0.25) is 0 Å². The van der Waals surface area contributed by atoms with Crippen LogP contribution >= 0.6 is 0 Å². The number of amides is 2. The lowest BCUT2D eigenvalue weighted by Gasteiger charge is -2.35. The van der Waals surface area contributed by atoms with Crippen LogP contribution < -0.4 is 10.6 Å². The Morgan fingerprint density at radius 1 is 1.26 bits per heavy atom. The van der Waals surface area contributed by atoms with Gasteiger partial charge in [-0.05, 0) is 38.3 Å². The molecule has 4 nitrogen and oxygen atoms in total. The molecule has 2 amide bonds. The Morgan fingerprint density at radius 3 is 2.58 bits per heavy atom. The van der Waals surface area contributed by atoms with E-state index in [1.165, 1.54) is 5.56 Å². The number of nitrogens with one attached hydrogen (secondary N) is 2. The molecule has 2 bridgehead atoms. The van der Waals surface area contributed by atoms with E-state index in [4.69, 9.17) is 0 Å². The fourth-order valence-electron chi connectivity index (χ4n) is 3.24. The summed E-state index contributed by atoms with van der Waals surface area (Å²) >= 11 is 0. The molecule has 2 fully saturated rings. The van der Waals surface area contributed by atoms with Crippen molar-refractivity contribution in [2.24, 2.45) is 0 Å². The van der Waals surface area contributed by atoms with Gasteiger partial charge < -0.3 is 15.5 Å². The topological polar surface area (TPSA) is 44.4 Å². The minimum absolute atomic E-state index is 0.0564. The zero-order valence-corrected chi connectivity index (χ0v) is 11.6. The standard InChI is InChI=1S/C15H21N3O/c1-10-3-6-14(11(2)7-10)17-15(19)18-12-4-5-13(18)9-16-8-12/h3,6-7,12-13,16H,4-5,8-9H2,1-2H3,(H,17,19). The van der Waals surface area contributed by atoms with Crippen LogP contribution in [-0.4, -0.2) is 36.1 Å². The molecule has 2 atom stereocenters. The number of urea groups is 1. The average Bonchev–Trinajstić information content (AvgIpc) is 2.63. The SMILES string of the molecule is Cc1ccc(NC(=O)N2C3CCC2CNC3)c(C)c1. The molecule has 0 saturated carbocycles. The van der Waals surface area contributed by atoms with E-state index in [1.807, 2.05) is 24.0 Å². The Kier molecular flexibility index (Phi) is 3.19. The molecule has 2 saturated heterocycles. The molecule has 2 unspecified atom stereocenters. The number of carbonyl (C=O) groups is 1. The molecule has 1 aromatic carbocycles. The Morgan fingerprint density at radius 2 is 1.95 bits per heavy atom. The molecule has 0 spiro atoms. The molecular weight excluding hydrogens is 238 g/mol. The zero-order chi connectivity index (χ0) is 13.4. The molecule has 1 aromatic rings. The van der Waals surface area contributed by atoms with Crippen LogP contribution in [0.25, 0.3) is 0 Å². The molecule has 2 aliphatic rings. The maximum absolute atomic E-state index is 12.5. The highest BCUT2D eigenvalue weighted by molar-refractivity contribution is 5.91. The number of nitrogens with zero attached hydrogens (tertiary/aromatic N) is 1. The number of aryl methyl sites for hydroxylation is 2. The molecule has 3 rings (SSSR count). The van der Waals surface area contributed by atoms with Crippen LogP contribution in [0.1, 0.15) is 24.0 Å². The van der Waals surface area contributed by atoms with E-state index in [0.29, 0.717) is 12.1 Å². The van der Waals surface area contributed by atoms with Gasteiger partial charge in [-0.25, -0.2) is 4.79 Å². The quantitative estimate of drug-likeness (QED) is 0.812. The molecule has 0 aliphatic carbocycles. The van der Waals surface area contributed by atoms with Crippen molar-refractivity contribution >= 4 is 11.7 Å². The second-order valence-corrected chi connectivity index (χ2v) is 5.70. The minimum Gasteiger partial charge on any atom is -0.316 e. The monoisotopic (exact) mass is 259 g/mol. The predicted molar refractivity (Wildman–Crippen MR) is 76.5 cm³/mol. The van der Waals surface area contributed by atoms with Crippen LogP contribution in [-0.2, 0) is 0 Å². The Balaban J connectivity index is 1.74. The summed E-state index contributed by atoms with van der Waals surface area (Å²) < 4.78 is 0. The van der Waals surface area contributed by atoms with Crippen molar-refractivity contribution in [1.82, 2.24) is 10.2 Å². The van der Waals surface area contributed by atoms with Crippen molar-refractivity contribution in [2.45, 2.75) is 38.8 Å². The molecule has 2 aliphatic heterocycles. The van der Waals surface area contributed by atoms with Crippen LogP contribution in [0.5, 0.6) is 0 Å². The van der Waals surface area contributed by atoms with Crippen LogP contribution in [0.4, 0.5) is 10.5 Å². The second-order valence-electron chi connectivity index (χ2n) is 5.70. The number of fused-ring (bicyclic) bond motifs is 2. The third-order valence-corrected chi connectivity index (χ3v) is 4.24. The Bertz CT molecular complexity index is 484. The van der Waals surface area contributed by atoms with Gasteiger partial charge in [-0.15, -0.1) is 0 Å². The maximum atomic E-state index is 12.5. The number of hydrogen-bond acceptors (Lipinski definition) is 2. The van der Waals surface area contributed by atoms with Crippen molar-refractivity contribution in [3.05, 3.63) is 29.3 Å². The van der Waals surface area contributed by atoms with Crippen molar-refractivity contribution in [1.29, 1.82) is 0 Å². The summed E-state index contributed by atoms with van der Waals surface area (Å²) in [4.78, 5) is 14.5. The number of carbonyl (C=O) groups excluding carboxylic acids is 1. The molecule has 19 heavy (non-hydrogen) atoms. The van der Waals surface area contributed by atoms with Gasteiger partial charge in [-0.2, -0.15) is 0 Å². The molecule has 0 aromatic heterocycles. The fraction of sp³-hybridized carbons (Fsp3) is 0.533. The highest BCUT2D eigenvalue weighted by atomic mass is 16.2. The van der Waals surface area contributed by atoms with Crippen LogP contribution in [0.3, 0.4) is 0 Å². The molecule has 2 heterocycles. The van der Waals surface area contributed by atoms with Crippen molar-refractivity contribution in [3.63, 3.8) is 0 Å². The summed E-state index contributed by atoms with van der Waals surface area (Å²) in [6.07, 6.45) is 2.25. The second kappa shape index (κ2) is 4.85. The average molecular weight is 259 g/mol. The third kappa shape index (κ3) is 2.32. The van der Waals surface area contributed by atoms with Gasteiger partial charge in [0, 0.05) is 30.9 Å². The van der Waals surface area contributed by atoms with Gasteiger partial charge >= 0.3 is 6.03 Å². The third-order valence-electron chi connectivity index (χ3n) is 4.24. The first-order valence-corrected chi connectivity index (χ1v) is 7.02. The molecule has 0 radical (unpaired) electrons. The van der Waals surface area contributed by atoms with Gasteiger partial charge in [0.05, 0.1) is 0 Å². The largest absolute Gasteiger partial charge is 0.322 e. The van der Waals surface area contributed by atoms with E-state index in [0.717, 1.165) is 37.2 Å². The van der Waals surface area contributed by atoms with Crippen LogP contribution in [0, 0.1) is 13.8 Å². The van der Waals surface area contributed by atoms with E-state index >= 15 is 0 Å². The van der Waals surface area contributed by atoms with E-state index in [-0.39, 0.29) is 6.03 Å². The molecular formula is C15H21N3O. The Labute approximate surface area is 114 Å². The molecule has 4 heteroatoms. The van der Waals surface area contributed by atoms with Crippen LogP contribution in [0.15, 0.2) is 18.2 Å². The first-order chi connectivity index (χ1) is 9.15. The number of piperazine rings is 1. The first kappa shape index (κ1) is 12.5. The summed E-state index contributed by atoms with van der Waals surface area (Å²) in [6.45, 7) is 5.96. The maximum Gasteiger partial charge on any atom is 0.322 e. The fourth-order valence-corrected chi connectivity index (χ4v) is 3.24. The lowest BCUT2D eigenvalue weighted by molar-refractivity contribution is 0.167. The normalized spacial score (nSPS) is 25.5. The van der Waals surface area contributed by atoms with E-state index in [1.54, 1.807) is 0 Å². The van der Waals surface area contributed by atoms with Gasteiger partial charge in [0.1, 0.15) is 0 Å². The lowest BCUT2D eigenvalue weighted by Crippen LogP contribution is -2.55. The summed E-state index contributed by atoms with van der Waals surface area (Å²) in [6, 6.07) is 6.92. The minimum atomic E-state index is 0.0564. The van der Waals surface area contributed by atoms with E-state index < -0.39 is 0 Å². The summed E-state index contributed by atoms with van der Waals surface area (Å²) in [5.41, 5.74) is 3.27. The number of rotatable bonds is 1. The van der Waals surface area contributed by atoms with Crippen molar-refractivity contribution in [2.75, 3.05) is 18.4 Å². The zero-order valence-electron chi connectivity index (χ0n) is 11.6. The highest BCUT2D eigenvalue weighted by Crippen LogP contribution is 2.27. The Hall–Kier alpha value is -1.55. The van der Waals surface area contributed by atoms with E-state index in [9.17, 15) is 4.79 Å². The molecule has 102 valence electrons. The number of anilines is 1. The van der Waals surface area contributed by atoms with Gasteiger partial charge in [0.2, 0.25) is 0 Å². The predicted octanol–water partition coefficient (Wildman–Crippen LogP) is 2.27. The molecule has 2 N–H and O–H groups in total. The number of hydrogen-bond donors (Lipinski definition) is 2.